The van der Waals surface area contributed by atoms with Gasteiger partial charge in [-0.2, -0.15) is 5.26 Å². The SMILES string of the molecule is N#Cc1cccc(CNC[C@H](C(=O)N2CCOCC2)c2ccccc2)c1. The first-order chi connectivity index (χ1) is 12.8. The first-order valence-corrected chi connectivity index (χ1v) is 8.89. The minimum Gasteiger partial charge on any atom is -0.378 e. The molecule has 3 rings (SSSR count). The van der Waals surface area contributed by atoms with E-state index in [-0.39, 0.29) is 11.8 Å². The summed E-state index contributed by atoms with van der Waals surface area (Å²) in [5, 5.41) is 12.4. The molecule has 0 bridgehead atoms. The molecule has 2 aromatic carbocycles. The van der Waals surface area contributed by atoms with Crippen molar-refractivity contribution in [3.63, 3.8) is 0 Å². The number of carbonyl (C=O) groups is 1. The predicted octanol–water partition coefficient (Wildman–Crippen LogP) is 2.29. The Balaban J connectivity index is 1.67. The number of amides is 1. The van der Waals surface area contributed by atoms with Crippen LogP contribution in [0.2, 0.25) is 0 Å². The van der Waals surface area contributed by atoms with Crippen molar-refractivity contribution in [2.24, 2.45) is 0 Å². The van der Waals surface area contributed by atoms with Crippen LogP contribution in [0.5, 0.6) is 0 Å². The van der Waals surface area contributed by atoms with Gasteiger partial charge in [0.25, 0.3) is 0 Å². The molecule has 1 heterocycles. The maximum atomic E-state index is 13.0. The van der Waals surface area contributed by atoms with E-state index in [1.54, 1.807) is 6.07 Å². The van der Waals surface area contributed by atoms with E-state index in [9.17, 15) is 4.79 Å². The van der Waals surface area contributed by atoms with Crippen molar-refractivity contribution in [1.29, 1.82) is 5.26 Å². The van der Waals surface area contributed by atoms with Crippen LogP contribution in [0, 0.1) is 11.3 Å². The molecule has 5 heteroatoms. The Labute approximate surface area is 154 Å². The molecule has 0 aromatic heterocycles. The van der Waals surface area contributed by atoms with E-state index in [0.717, 1.165) is 11.1 Å². The van der Waals surface area contributed by atoms with Gasteiger partial charge in [-0.25, -0.2) is 0 Å². The van der Waals surface area contributed by atoms with Gasteiger partial charge in [0.1, 0.15) is 0 Å². The van der Waals surface area contributed by atoms with E-state index in [0.29, 0.717) is 45.0 Å². The zero-order valence-electron chi connectivity index (χ0n) is 14.7. The van der Waals surface area contributed by atoms with Gasteiger partial charge >= 0.3 is 0 Å². The third kappa shape index (κ3) is 4.69. The monoisotopic (exact) mass is 349 g/mol. The average molecular weight is 349 g/mol. The number of ether oxygens (including phenoxy) is 1. The van der Waals surface area contributed by atoms with E-state index in [1.165, 1.54) is 0 Å². The van der Waals surface area contributed by atoms with Gasteiger partial charge in [-0.15, -0.1) is 0 Å². The van der Waals surface area contributed by atoms with Gasteiger partial charge in [0.2, 0.25) is 5.91 Å². The minimum absolute atomic E-state index is 0.137. The zero-order valence-corrected chi connectivity index (χ0v) is 14.7. The number of hydrogen-bond acceptors (Lipinski definition) is 4. The maximum absolute atomic E-state index is 13.0. The van der Waals surface area contributed by atoms with E-state index in [4.69, 9.17) is 10.00 Å². The summed E-state index contributed by atoms with van der Waals surface area (Å²) in [6.07, 6.45) is 0. The molecule has 1 aliphatic heterocycles. The molecule has 1 fully saturated rings. The van der Waals surface area contributed by atoms with E-state index in [2.05, 4.69) is 11.4 Å². The first kappa shape index (κ1) is 18.1. The van der Waals surface area contributed by atoms with Crippen molar-refractivity contribution in [3.8, 4) is 6.07 Å². The molecule has 1 saturated heterocycles. The van der Waals surface area contributed by atoms with Crippen LogP contribution >= 0.6 is 0 Å². The summed E-state index contributed by atoms with van der Waals surface area (Å²) in [4.78, 5) is 14.9. The normalized spacial score (nSPS) is 15.3. The van der Waals surface area contributed by atoms with Gasteiger partial charge in [-0.3, -0.25) is 4.79 Å². The van der Waals surface area contributed by atoms with Gasteiger partial charge in [-0.05, 0) is 23.3 Å². The molecule has 1 aliphatic rings. The number of nitrogens with zero attached hydrogens (tertiary/aromatic N) is 2. The third-order valence-electron chi connectivity index (χ3n) is 4.56. The number of hydrogen-bond donors (Lipinski definition) is 1. The summed E-state index contributed by atoms with van der Waals surface area (Å²) in [5.74, 6) is -0.0915. The highest BCUT2D eigenvalue weighted by Crippen LogP contribution is 2.19. The van der Waals surface area contributed by atoms with Gasteiger partial charge in [-0.1, -0.05) is 42.5 Å². The second kappa shape index (κ2) is 9.14. The van der Waals surface area contributed by atoms with Crippen LogP contribution < -0.4 is 5.32 Å². The minimum atomic E-state index is -0.228. The number of morpholine rings is 1. The van der Waals surface area contributed by atoms with E-state index < -0.39 is 0 Å². The van der Waals surface area contributed by atoms with Gasteiger partial charge in [0, 0.05) is 26.2 Å². The van der Waals surface area contributed by atoms with Crippen LogP contribution in [-0.2, 0) is 16.1 Å². The maximum Gasteiger partial charge on any atom is 0.231 e. The highest BCUT2D eigenvalue weighted by molar-refractivity contribution is 5.84. The van der Waals surface area contributed by atoms with Crippen LogP contribution in [-0.4, -0.2) is 43.7 Å². The second-order valence-electron chi connectivity index (χ2n) is 6.34. The second-order valence-corrected chi connectivity index (χ2v) is 6.34. The third-order valence-corrected chi connectivity index (χ3v) is 4.56. The Morgan fingerprint density at radius 2 is 1.92 bits per heavy atom. The molecule has 0 aliphatic carbocycles. The lowest BCUT2D eigenvalue weighted by Gasteiger charge is -2.30. The molecule has 134 valence electrons. The summed E-state index contributed by atoms with van der Waals surface area (Å²) >= 11 is 0. The summed E-state index contributed by atoms with van der Waals surface area (Å²) in [6.45, 7) is 3.66. The molecule has 2 aromatic rings. The molecule has 0 unspecified atom stereocenters. The molecular formula is C21H23N3O2. The average Bonchev–Trinajstić information content (AvgIpc) is 2.72. The summed E-state index contributed by atoms with van der Waals surface area (Å²) in [5.41, 5.74) is 2.70. The van der Waals surface area contributed by atoms with Gasteiger partial charge in [0.15, 0.2) is 0 Å². The predicted molar refractivity (Wildman–Crippen MR) is 99.4 cm³/mol. The van der Waals surface area contributed by atoms with Crippen LogP contribution in [0.25, 0.3) is 0 Å². The fourth-order valence-electron chi connectivity index (χ4n) is 3.15. The van der Waals surface area contributed by atoms with Crippen molar-refractivity contribution in [3.05, 3.63) is 71.3 Å². The summed E-state index contributed by atoms with van der Waals surface area (Å²) in [6, 6.07) is 19.6. The molecule has 0 saturated carbocycles. The Hall–Kier alpha value is -2.68. The molecule has 0 radical (unpaired) electrons. The highest BCUT2D eigenvalue weighted by atomic mass is 16.5. The lowest BCUT2D eigenvalue weighted by Crippen LogP contribution is -2.45. The van der Waals surface area contributed by atoms with E-state index in [1.807, 2.05) is 53.4 Å². The van der Waals surface area contributed by atoms with Crippen molar-refractivity contribution in [2.45, 2.75) is 12.5 Å². The van der Waals surface area contributed by atoms with E-state index >= 15 is 0 Å². The molecule has 1 atom stereocenters. The fraction of sp³-hybridized carbons (Fsp3) is 0.333. The van der Waals surface area contributed by atoms with Crippen molar-refractivity contribution in [1.82, 2.24) is 10.2 Å². The Bertz CT molecular complexity index is 764. The fourth-order valence-corrected chi connectivity index (χ4v) is 3.15. The van der Waals surface area contributed by atoms with Crippen molar-refractivity contribution in [2.75, 3.05) is 32.8 Å². The lowest BCUT2D eigenvalue weighted by atomic mass is 9.97. The van der Waals surface area contributed by atoms with Crippen LogP contribution in [0.1, 0.15) is 22.6 Å². The van der Waals surface area contributed by atoms with Crippen LogP contribution in [0.15, 0.2) is 54.6 Å². The largest absolute Gasteiger partial charge is 0.378 e. The topological polar surface area (TPSA) is 65.4 Å². The van der Waals surface area contributed by atoms with Crippen LogP contribution in [0.3, 0.4) is 0 Å². The quantitative estimate of drug-likeness (QED) is 0.869. The lowest BCUT2D eigenvalue weighted by molar-refractivity contribution is -0.136. The first-order valence-electron chi connectivity index (χ1n) is 8.89. The van der Waals surface area contributed by atoms with Crippen molar-refractivity contribution < 1.29 is 9.53 Å². The van der Waals surface area contributed by atoms with Crippen LogP contribution in [0.4, 0.5) is 0 Å². The highest BCUT2D eigenvalue weighted by Gasteiger charge is 2.26. The Morgan fingerprint density at radius 1 is 1.15 bits per heavy atom. The Morgan fingerprint density at radius 3 is 2.65 bits per heavy atom. The molecule has 0 spiro atoms. The number of carbonyl (C=O) groups excluding carboxylic acids is 1. The molecule has 26 heavy (non-hydrogen) atoms. The van der Waals surface area contributed by atoms with Gasteiger partial charge < -0.3 is 15.0 Å². The Kier molecular flexibility index (Phi) is 6.37. The number of rotatable bonds is 6. The standard InChI is InChI=1S/C21H23N3O2/c22-14-17-5-4-6-18(13-17)15-23-16-20(19-7-2-1-3-8-19)21(25)24-9-11-26-12-10-24/h1-8,13,20,23H,9-12,15-16H2/t20-/m0/s1. The summed E-state index contributed by atoms with van der Waals surface area (Å²) < 4.78 is 5.36. The zero-order chi connectivity index (χ0) is 18.2. The number of nitrogens with one attached hydrogen (secondary N) is 1. The number of nitriles is 1. The molecule has 1 amide bonds. The molecular weight excluding hydrogens is 326 g/mol. The number of benzene rings is 2. The van der Waals surface area contributed by atoms with Gasteiger partial charge in [0.05, 0.1) is 30.8 Å². The summed E-state index contributed by atoms with van der Waals surface area (Å²) in [7, 11) is 0. The smallest absolute Gasteiger partial charge is 0.231 e. The molecule has 1 N–H and O–H groups in total. The molecule has 5 nitrogen and oxygen atoms in total. The van der Waals surface area contributed by atoms with Crippen molar-refractivity contribution >= 4 is 5.91 Å².